The van der Waals surface area contributed by atoms with Gasteiger partial charge in [-0.25, -0.2) is 9.97 Å². The third-order valence-corrected chi connectivity index (χ3v) is 4.48. The number of piperidine rings is 1. The summed E-state index contributed by atoms with van der Waals surface area (Å²) in [7, 11) is 1.67. The van der Waals surface area contributed by atoms with Crippen molar-refractivity contribution in [3.8, 4) is 0 Å². The van der Waals surface area contributed by atoms with E-state index in [1.165, 1.54) is 0 Å². The van der Waals surface area contributed by atoms with Gasteiger partial charge in [-0.1, -0.05) is 6.07 Å². The van der Waals surface area contributed by atoms with E-state index in [1.54, 1.807) is 19.4 Å². The van der Waals surface area contributed by atoms with Gasteiger partial charge < -0.3 is 10.6 Å². The molecule has 0 saturated carbocycles. The normalized spacial score (nSPS) is 15.8. The number of hydrogen-bond donors (Lipinski definition) is 2. The summed E-state index contributed by atoms with van der Waals surface area (Å²) in [4.78, 5) is 27.2. The van der Waals surface area contributed by atoms with E-state index in [1.807, 2.05) is 25.1 Å². The Balaban J connectivity index is 1.68. The van der Waals surface area contributed by atoms with Gasteiger partial charge in [0.05, 0.1) is 12.2 Å². The summed E-state index contributed by atoms with van der Waals surface area (Å²) >= 11 is 0. The van der Waals surface area contributed by atoms with Crippen LogP contribution in [0.3, 0.4) is 0 Å². The summed E-state index contributed by atoms with van der Waals surface area (Å²) < 4.78 is 0. The zero-order chi connectivity index (χ0) is 17.6. The minimum absolute atomic E-state index is 0.0610. The molecule has 0 unspecified atom stereocenters. The summed E-state index contributed by atoms with van der Waals surface area (Å²) in [6.07, 6.45) is 5.36. The minimum Gasteiger partial charge on any atom is -0.358 e. The molecule has 0 aromatic carbocycles. The zero-order valence-corrected chi connectivity index (χ0v) is 14.7. The van der Waals surface area contributed by atoms with Crippen LogP contribution in [0.15, 0.2) is 30.6 Å². The van der Waals surface area contributed by atoms with E-state index < -0.39 is 0 Å². The molecule has 2 N–H and O–H groups in total. The number of nitrogens with zero attached hydrogens (tertiary/aromatic N) is 4. The standard InChI is InChI=1S/C18H24N6O/c1-13-4-3-5-15(22-13)23-18-17(20-8-9-21-18)14-6-10-24(11-7-14)12-16(25)19-2/h3-5,8-9,14H,6-7,10-12H2,1-2H3,(H,19,25)(H,21,22,23). The highest BCUT2D eigenvalue weighted by atomic mass is 16.1. The van der Waals surface area contributed by atoms with Gasteiger partial charge in [-0.15, -0.1) is 0 Å². The monoisotopic (exact) mass is 340 g/mol. The maximum atomic E-state index is 11.5. The first-order chi connectivity index (χ1) is 12.2. The molecule has 1 aliphatic rings. The fourth-order valence-electron chi connectivity index (χ4n) is 3.12. The number of likely N-dealkylation sites (tertiary alicyclic amines) is 1. The molecule has 1 aliphatic heterocycles. The highest BCUT2D eigenvalue weighted by molar-refractivity contribution is 5.77. The molecule has 0 atom stereocenters. The van der Waals surface area contributed by atoms with Gasteiger partial charge in [0.25, 0.3) is 0 Å². The quantitative estimate of drug-likeness (QED) is 0.864. The molecular formula is C18H24N6O. The van der Waals surface area contributed by atoms with E-state index in [4.69, 9.17) is 0 Å². The highest BCUT2D eigenvalue weighted by Gasteiger charge is 2.25. The van der Waals surface area contributed by atoms with E-state index >= 15 is 0 Å². The van der Waals surface area contributed by atoms with Crippen LogP contribution >= 0.6 is 0 Å². The van der Waals surface area contributed by atoms with Crippen LogP contribution in [0.25, 0.3) is 0 Å². The van der Waals surface area contributed by atoms with Gasteiger partial charge >= 0.3 is 0 Å². The second-order valence-corrected chi connectivity index (χ2v) is 6.30. The number of pyridine rings is 1. The van der Waals surface area contributed by atoms with E-state index in [2.05, 4.69) is 30.5 Å². The van der Waals surface area contributed by atoms with Crippen LogP contribution in [0.5, 0.6) is 0 Å². The molecule has 3 rings (SSSR count). The summed E-state index contributed by atoms with van der Waals surface area (Å²) in [6, 6.07) is 5.86. The van der Waals surface area contributed by atoms with Gasteiger partial charge in [-0.2, -0.15) is 0 Å². The Morgan fingerprint density at radius 3 is 2.72 bits per heavy atom. The number of carbonyl (C=O) groups excluding carboxylic acids is 1. The van der Waals surface area contributed by atoms with Crippen LogP contribution in [0, 0.1) is 6.92 Å². The Labute approximate surface area is 147 Å². The summed E-state index contributed by atoms with van der Waals surface area (Å²) in [5.41, 5.74) is 1.93. The highest BCUT2D eigenvalue weighted by Crippen LogP contribution is 2.31. The van der Waals surface area contributed by atoms with Crippen molar-refractivity contribution in [2.24, 2.45) is 0 Å². The zero-order valence-electron chi connectivity index (χ0n) is 14.7. The Morgan fingerprint density at radius 2 is 2.00 bits per heavy atom. The molecule has 1 fully saturated rings. The first kappa shape index (κ1) is 17.3. The molecule has 0 spiro atoms. The molecule has 1 amide bonds. The fourth-order valence-corrected chi connectivity index (χ4v) is 3.12. The predicted molar refractivity (Wildman–Crippen MR) is 96.8 cm³/mol. The first-order valence-electron chi connectivity index (χ1n) is 8.60. The second kappa shape index (κ2) is 8.02. The number of likely N-dealkylation sites (N-methyl/N-ethyl adjacent to an activating group) is 1. The Bertz CT molecular complexity index is 727. The number of aryl methyl sites for hydroxylation is 1. The average molecular weight is 340 g/mol. The molecule has 0 radical (unpaired) electrons. The molecule has 132 valence electrons. The molecule has 2 aromatic heterocycles. The van der Waals surface area contributed by atoms with Crippen LogP contribution in [0.2, 0.25) is 0 Å². The molecule has 2 aromatic rings. The molecule has 1 saturated heterocycles. The molecule has 7 nitrogen and oxygen atoms in total. The van der Waals surface area contributed by atoms with Gasteiger partial charge in [0.1, 0.15) is 5.82 Å². The third-order valence-electron chi connectivity index (χ3n) is 4.48. The molecule has 25 heavy (non-hydrogen) atoms. The van der Waals surface area contributed by atoms with Gasteiger partial charge in [0, 0.05) is 31.1 Å². The molecule has 7 heteroatoms. The van der Waals surface area contributed by atoms with Crippen molar-refractivity contribution in [2.75, 3.05) is 32.0 Å². The smallest absolute Gasteiger partial charge is 0.233 e. The number of anilines is 2. The number of amides is 1. The summed E-state index contributed by atoms with van der Waals surface area (Å²) in [5.74, 6) is 1.94. The number of rotatable bonds is 5. The van der Waals surface area contributed by atoms with Crippen molar-refractivity contribution in [3.05, 3.63) is 42.0 Å². The van der Waals surface area contributed by atoms with Gasteiger partial charge in [0.2, 0.25) is 5.91 Å². The Morgan fingerprint density at radius 1 is 1.24 bits per heavy atom. The van der Waals surface area contributed by atoms with Crippen molar-refractivity contribution in [1.29, 1.82) is 0 Å². The van der Waals surface area contributed by atoms with E-state index in [-0.39, 0.29) is 5.91 Å². The lowest BCUT2D eigenvalue weighted by molar-refractivity contribution is -0.122. The Hall–Kier alpha value is -2.54. The van der Waals surface area contributed by atoms with Crippen LogP contribution in [0.4, 0.5) is 11.6 Å². The topological polar surface area (TPSA) is 83.0 Å². The van der Waals surface area contributed by atoms with Crippen molar-refractivity contribution in [3.63, 3.8) is 0 Å². The van der Waals surface area contributed by atoms with E-state index in [9.17, 15) is 4.79 Å². The molecule has 0 aliphatic carbocycles. The van der Waals surface area contributed by atoms with E-state index in [0.717, 1.165) is 49.0 Å². The first-order valence-corrected chi connectivity index (χ1v) is 8.60. The summed E-state index contributed by atoms with van der Waals surface area (Å²) in [6.45, 7) is 4.19. The molecule has 3 heterocycles. The Kier molecular flexibility index (Phi) is 5.55. The summed E-state index contributed by atoms with van der Waals surface area (Å²) in [5, 5.41) is 5.98. The third kappa shape index (κ3) is 4.51. The number of aromatic nitrogens is 3. The van der Waals surface area contributed by atoms with Crippen LogP contribution in [-0.2, 0) is 4.79 Å². The van der Waals surface area contributed by atoms with Crippen molar-refractivity contribution >= 4 is 17.5 Å². The fraction of sp³-hybridized carbons (Fsp3) is 0.444. The van der Waals surface area contributed by atoms with Crippen molar-refractivity contribution in [1.82, 2.24) is 25.2 Å². The predicted octanol–water partition coefficient (Wildman–Crippen LogP) is 1.85. The second-order valence-electron chi connectivity index (χ2n) is 6.30. The van der Waals surface area contributed by atoms with E-state index in [0.29, 0.717) is 12.5 Å². The number of hydrogen-bond acceptors (Lipinski definition) is 6. The maximum Gasteiger partial charge on any atom is 0.233 e. The van der Waals surface area contributed by atoms with Crippen LogP contribution in [0.1, 0.15) is 30.1 Å². The van der Waals surface area contributed by atoms with Crippen LogP contribution < -0.4 is 10.6 Å². The lowest BCUT2D eigenvalue weighted by Gasteiger charge is -2.31. The molecular weight excluding hydrogens is 316 g/mol. The van der Waals surface area contributed by atoms with Crippen LogP contribution in [-0.4, -0.2) is 52.4 Å². The lowest BCUT2D eigenvalue weighted by atomic mass is 9.93. The minimum atomic E-state index is 0.0610. The van der Waals surface area contributed by atoms with Crippen molar-refractivity contribution < 1.29 is 4.79 Å². The van der Waals surface area contributed by atoms with Crippen molar-refractivity contribution in [2.45, 2.75) is 25.7 Å². The van der Waals surface area contributed by atoms with Gasteiger partial charge in [-0.05, 0) is 45.0 Å². The maximum absolute atomic E-state index is 11.5. The van der Waals surface area contributed by atoms with Gasteiger partial charge in [-0.3, -0.25) is 14.7 Å². The number of nitrogens with one attached hydrogen (secondary N) is 2. The average Bonchev–Trinajstić information content (AvgIpc) is 2.63. The number of carbonyl (C=O) groups is 1. The molecule has 0 bridgehead atoms. The van der Waals surface area contributed by atoms with Gasteiger partial charge in [0.15, 0.2) is 5.82 Å². The SMILES string of the molecule is CNC(=O)CN1CCC(c2nccnc2Nc2cccc(C)n2)CC1. The lowest BCUT2D eigenvalue weighted by Crippen LogP contribution is -2.40. The largest absolute Gasteiger partial charge is 0.358 e.